The van der Waals surface area contributed by atoms with Crippen LogP contribution in [0.3, 0.4) is 0 Å². The summed E-state index contributed by atoms with van der Waals surface area (Å²) in [5.74, 6) is 0. The maximum Gasteiger partial charge on any atom is 0.416 e. The van der Waals surface area contributed by atoms with Crippen LogP contribution in [0.5, 0.6) is 0 Å². The van der Waals surface area contributed by atoms with Gasteiger partial charge in [-0.2, -0.15) is 13.2 Å². The smallest absolute Gasteiger partial charge is 0.321 e. The first-order chi connectivity index (χ1) is 8.54. The summed E-state index contributed by atoms with van der Waals surface area (Å²) in [6.07, 6.45) is -1.65. The second-order valence-corrected chi connectivity index (χ2v) is 6.52. The minimum Gasteiger partial charge on any atom is -0.321 e. The van der Waals surface area contributed by atoms with Gasteiger partial charge in [0.25, 0.3) is 0 Å². The Balaban J connectivity index is 2.37. The van der Waals surface area contributed by atoms with Gasteiger partial charge < -0.3 is 5.73 Å². The summed E-state index contributed by atoms with van der Waals surface area (Å²) < 4.78 is 38.0. The number of rotatable bonds is 1. The molecule has 19 heavy (non-hydrogen) atoms. The maximum atomic E-state index is 12.7. The van der Waals surface area contributed by atoms with E-state index >= 15 is 0 Å². The number of benzene rings is 1. The van der Waals surface area contributed by atoms with Crippen molar-refractivity contribution in [2.45, 2.75) is 51.7 Å². The SMILES string of the molecule is Cc1cc(C(F)(F)F)ccc1C1(N)CCC(C)(C)C1. The molecule has 1 fully saturated rings. The molecule has 0 bridgehead atoms. The molecule has 0 aliphatic heterocycles. The standard InChI is InChI=1S/C15H20F3N/c1-10-8-11(15(16,17)18)4-5-12(10)14(19)7-6-13(2,3)9-14/h4-5,8H,6-7,9,19H2,1-3H3. The molecule has 0 amide bonds. The van der Waals surface area contributed by atoms with Crippen molar-refractivity contribution in [1.82, 2.24) is 0 Å². The summed E-state index contributed by atoms with van der Waals surface area (Å²) in [6, 6.07) is 3.90. The molecule has 1 aliphatic rings. The van der Waals surface area contributed by atoms with Crippen molar-refractivity contribution < 1.29 is 13.2 Å². The number of alkyl halides is 3. The highest BCUT2D eigenvalue weighted by Crippen LogP contribution is 2.48. The van der Waals surface area contributed by atoms with E-state index in [2.05, 4.69) is 13.8 Å². The van der Waals surface area contributed by atoms with Crippen LogP contribution in [0.1, 0.15) is 49.8 Å². The van der Waals surface area contributed by atoms with Gasteiger partial charge in [0, 0.05) is 5.54 Å². The van der Waals surface area contributed by atoms with Crippen LogP contribution < -0.4 is 5.73 Å². The van der Waals surface area contributed by atoms with E-state index < -0.39 is 17.3 Å². The summed E-state index contributed by atoms with van der Waals surface area (Å²) in [5.41, 5.74) is 6.99. The van der Waals surface area contributed by atoms with Gasteiger partial charge in [-0.05, 0) is 54.9 Å². The second-order valence-electron chi connectivity index (χ2n) is 6.52. The fourth-order valence-corrected chi connectivity index (χ4v) is 3.22. The van der Waals surface area contributed by atoms with E-state index in [1.54, 1.807) is 13.0 Å². The van der Waals surface area contributed by atoms with Crippen LogP contribution in [0.15, 0.2) is 18.2 Å². The highest BCUT2D eigenvalue weighted by atomic mass is 19.4. The quantitative estimate of drug-likeness (QED) is 0.806. The molecular formula is C15H20F3N. The average Bonchev–Trinajstić information content (AvgIpc) is 2.52. The van der Waals surface area contributed by atoms with Crippen LogP contribution in [0.2, 0.25) is 0 Å². The van der Waals surface area contributed by atoms with E-state index in [1.165, 1.54) is 6.07 Å². The number of hydrogen-bond acceptors (Lipinski definition) is 1. The van der Waals surface area contributed by atoms with Crippen molar-refractivity contribution >= 4 is 0 Å². The highest BCUT2D eigenvalue weighted by Gasteiger charge is 2.42. The van der Waals surface area contributed by atoms with Crippen molar-refractivity contribution in [2.75, 3.05) is 0 Å². The molecule has 0 saturated heterocycles. The lowest BCUT2D eigenvalue weighted by molar-refractivity contribution is -0.137. The van der Waals surface area contributed by atoms with Crippen molar-refractivity contribution in [3.8, 4) is 0 Å². The Hall–Kier alpha value is -1.03. The third-order valence-corrected chi connectivity index (χ3v) is 4.13. The van der Waals surface area contributed by atoms with Gasteiger partial charge >= 0.3 is 6.18 Å². The Kier molecular flexibility index (Phi) is 3.21. The molecule has 1 atom stereocenters. The normalized spacial score (nSPS) is 26.7. The summed E-state index contributed by atoms with van der Waals surface area (Å²) in [4.78, 5) is 0. The molecule has 0 aromatic heterocycles. The van der Waals surface area contributed by atoms with Crippen LogP contribution in [0, 0.1) is 12.3 Å². The van der Waals surface area contributed by atoms with Gasteiger partial charge in [0.1, 0.15) is 0 Å². The molecule has 1 aromatic rings. The molecule has 0 heterocycles. The lowest BCUT2D eigenvalue weighted by atomic mass is 9.82. The van der Waals surface area contributed by atoms with Crippen LogP contribution >= 0.6 is 0 Å². The lowest BCUT2D eigenvalue weighted by Gasteiger charge is -2.29. The molecule has 1 nitrogen and oxygen atoms in total. The molecule has 0 spiro atoms. The van der Waals surface area contributed by atoms with Gasteiger partial charge in [-0.15, -0.1) is 0 Å². The van der Waals surface area contributed by atoms with E-state index in [0.29, 0.717) is 5.56 Å². The molecule has 1 unspecified atom stereocenters. The number of aryl methyl sites for hydroxylation is 1. The number of nitrogens with two attached hydrogens (primary N) is 1. The lowest BCUT2D eigenvalue weighted by Crippen LogP contribution is -2.35. The summed E-state index contributed by atoms with van der Waals surface area (Å²) >= 11 is 0. The summed E-state index contributed by atoms with van der Waals surface area (Å²) in [6.45, 7) is 6.02. The van der Waals surface area contributed by atoms with Crippen LogP contribution in [-0.4, -0.2) is 0 Å². The van der Waals surface area contributed by atoms with Gasteiger partial charge in [0.05, 0.1) is 5.56 Å². The first kappa shape index (κ1) is 14.4. The van der Waals surface area contributed by atoms with Crippen LogP contribution in [0.25, 0.3) is 0 Å². The molecule has 106 valence electrons. The predicted octanol–water partition coefficient (Wildman–Crippen LogP) is 4.38. The van der Waals surface area contributed by atoms with Crippen molar-refractivity contribution in [2.24, 2.45) is 11.1 Å². The first-order valence-corrected chi connectivity index (χ1v) is 6.51. The Bertz CT molecular complexity index is 491. The van der Waals surface area contributed by atoms with Crippen molar-refractivity contribution in [1.29, 1.82) is 0 Å². The van der Waals surface area contributed by atoms with Crippen LogP contribution in [-0.2, 0) is 11.7 Å². The average molecular weight is 271 g/mol. The topological polar surface area (TPSA) is 26.0 Å². The van der Waals surface area contributed by atoms with Crippen molar-refractivity contribution in [3.63, 3.8) is 0 Å². The summed E-state index contributed by atoms with van der Waals surface area (Å²) in [7, 11) is 0. The van der Waals surface area contributed by atoms with E-state index in [1.807, 2.05) is 0 Å². The molecule has 1 aliphatic carbocycles. The van der Waals surface area contributed by atoms with Gasteiger partial charge in [0.15, 0.2) is 0 Å². The molecule has 2 N–H and O–H groups in total. The molecule has 0 radical (unpaired) electrons. The van der Waals surface area contributed by atoms with E-state index in [-0.39, 0.29) is 5.41 Å². The zero-order valence-corrected chi connectivity index (χ0v) is 11.6. The molecule has 1 aromatic carbocycles. The third-order valence-electron chi connectivity index (χ3n) is 4.13. The van der Waals surface area contributed by atoms with E-state index in [9.17, 15) is 13.2 Å². The Morgan fingerprint density at radius 2 is 1.79 bits per heavy atom. The minimum atomic E-state index is -4.29. The Labute approximate surface area is 112 Å². The highest BCUT2D eigenvalue weighted by molar-refractivity contribution is 5.38. The second kappa shape index (κ2) is 4.23. The fraction of sp³-hybridized carbons (Fsp3) is 0.600. The molecular weight excluding hydrogens is 251 g/mol. The minimum absolute atomic E-state index is 0.157. The van der Waals surface area contributed by atoms with Gasteiger partial charge in [-0.25, -0.2) is 0 Å². The van der Waals surface area contributed by atoms with Crippen molar-refractivity contribution in [3.05, 3.63) is 34.9 Å². The Morgan fingerprint density at radius 3 is 2.21 bits per heavy atom. The maximum absolute atomic E-state index is 12.7. The third kappa shape index (κ3) is 2.78. The molecule has 4 heteroatoms. The van der Waals surface area contributed by atoms with E-state index in [0.717, 1.165) is 30.9 Å². The number of halogens is 3. The van der Waals surface area contributed by atoms with Crippen LogP contribution in [0.4, 0.5) is 13.2 Å². The molecule has 2 rings (SSSR count). The zero-order chi connectivity index (χ0) is 14.5. The predicted molar refractivity (Wildman–Crippen MR) is 69.7 cm³/mol. The fourth-order valence-electron chi connectivity index (χ4n) is 3.22. The van der Waals surface area contributed by atoms with Gasteiger partial charge in [-0.3, -0.25) is 0 Å². The first-order valence-electron chi connectivity index (χ1n) is 6.51. The number of hydrogen-bond donors (Lipinski definition) is 1. The van der Waals surface area contributed by atoms with E-state index in [4.69, 9.17) is 5.73 Å². The van der Waals surface area contributed by atoms with Gasteiger partial charge in [0.2, 0.25) is 0 Å². The molecule has 1 saturated carbocycles. The zero-order valence-electron chi connectivity index (χ0n) is 11.6. The largest absolute Gasteiger partial charge is 0.416 e. The monoisotopic (exact) mass is 271 g/mol. The Morgan fingerprint density at radius 1 is 1.16 bits per heavy atom. The van der Waals surface area contributed by atoms with Gasteiger partial charge in [-0.1, -0.05) is 19.9 Å². The summed E-state index contributed by atoms with van der Waals surface area (Å²) in [5, 5.41) is 0.